The molecular formula is C28H32N6O6S. The molecule has 0 bridgehead atoms. The summed E-state index contributed by atoms with van der Waals surface area (Å²) in [5.41, 5.74) is 1.56. The van der Waals surface area contributed by atoms with Crippen molar-refractivity contribution in [2.45, 2.75) is 71.2 Å². The Kier molecular flexibility index (Phi) is 8.06. The molecule has 2 unspecified atom stereocenters. The fourth-order valence-electron chi connectivity index (χ4n) is 4.67. The third kappa shape index (κ3) is 5.94. The lowest BCUT2D eigenvalue weighted by Gasteiger charge is -2.29. The average molecular weight is 581 g/mol. The molecule has 1 saturated heterocycles. The standard InChI is InChI=1S/C26H26N6O6S.C2H6/c1-12(24-31-22-18(38-13-3-4-13)9-14(37-2)10-19(22)39-24)27-26(36)29-20-7-5-15-16(28-20)11-32(25(15)35)17-6-8-21(33)30-23(17)34;1-2/h5,7,9-10,12-13,17H,3-4,6,8,11H2,1-2H3,(H,30,33,34)(H2,27,28,29,36);1-2H3. The number of carbonyl (C=O) groups is 4. The van der Waals surface area contributed by atoms with E-state index in [2.05, 4.69) is 20.9 Å². The van der Waals surface area contributed by atoms with Gasteiger partial charge in [-0.2, -0.15) is 0 Å². The van der Waals surface area contributed by atoms with Crippen molar-refractivity contribution in [3.05, 3.63) is 40.5 Å². The molecule has 3 N–H and O–H groups in total. The van der Waals surface area contributed by atoms with E-state index in [1.807, 2.05) is 32.9 Å². The van der Waals surface area contributed by atoms with Crippen LogP contribution >= 0.6 is 11.3 Å². The van der Waals surface area contributed by atoms with Crippen LogP contribution < -0.4 is 25.4 Å². The summed E-state index contributed by atoms with van der Waals surface area (Å²) in [5, 5.41) is 8.57. The highest BCUT2D eigenvalue weighted by molar-refractivity contribution is 7.18. The van der Waals surface area contributed by atoms with Gasteiger partial charge >= 0.3 is 6.03 Å². The second-order valence-corrected chi connectivity index (χ2v) is 10.8. The van der Waals surface area contributed by atoms with E-state index in [1.165, 1.54) is 16.2 Å². The lowest BCUT2D eigenvalue weighted by Crippen LogP contribution is -2.52. The predicted octanol–water partition coefficient (Wildman–Crippen LogP) is 3.91. The first kappa shape index (κ1) is 28.3. The van der Waals surface area contributed by atoms with Gasteiger partial charge in [-0.25, -0.2) is 14.8 Å². The van der Waals surface area contributed by atoms with Gasteiger partial charge in [0.1, 0.15) is 28.1 Å². The second kappa shape index (κ2) is 11.7. The Labute approximate surface area is 240 Å². The molecule has 5 amide bonds. The number of fused-ring (bicyclic) bond motifs is 2. The molecule has 1 aromatic carbocycles. The topological polar surface area (TPSA) is 152 Å². The van der Waals surface area contributed by atoms with E-state index in [0.29, 0.717) is 27.8 Å². The van der Waals surface area contributed by atoms with Gasteiger partial charge in [-0.05, 0) is 44.4 Å². The molecule has 12 nitrogen and oxygen atoms in total. The van der Waals surface area contributed by atoms with Crippen LogP contribution in [0.2, 0.25) is 0 Å². The van der Waals surface area contributed by atoms with Gasteiger partial charge in [0, 0.05) is 12.5 Å². The summed E-state index contributed by atoms with van der Waals surface area (Å²) >= 11 is 1.45. The van der Waals surface area contributed by atoms with Crippen LogP contribution in [-0.2, 0) is 16.1 Å². The quantitative estimate of drug-likeness (QED) is 0.356. The van der Waals surface area contributed by atoms with Crippen LogP contribution in [0.4, 0.5) is 10.6 Å². The molecule has 3 aromatic rings. The van der Waals surface area contributed by atoms with E-state index in [9.17, 15) is 19.2 Å². The minimum atomic E-state index is -0.728. The normalized spacial score (nSPS) is 18.7. The number of ether oxygens (including phenoxy) is 2. The van der Waals surface area contributed by atoms with Crippen LogP contribution in [0, 0.1) is 0 Å². The highest BCUT2D eigenvalue weighted by Crippen LogP contribution is 2.39. The van der Waals surface area contributed by atoms with Crippen molar-refractivity contribution in [2.24, 2.45) is 0 Å². The number of rotatable bonds is 7. The van der Waals surface area contributed by atoms with Crippen molar-refractivity contribution in [3.8, 4) is 11.5 Å². The number of imide groups is 1. The highest BCUT2D eigenvalue weighted by Gasteiger charge is 2.39. The van der Waals surface area contributed by atoms with Crippen LogP contribution in [-0.4, -0.2) is 57.9 Å². The summed E-state index contributed by atoms with van der Waals surface area (Å²) in [4.78, 5) is 59.9. The Morgan fingerprint density at radius 2 is 1.93 bits per heavy atom. The number of amides is 5. The van der Waals surface area contributed by atoms with Gasteiger partial charge in [0.15, 0.2) is 5.75 Å². The molecule has 0 radical (unpaired) electrons. The molecule has 13 heteroatoms. The number of nitrogens with one attached hydrogen (secondary N) is 3. The van der Waals surface area contributed by atoms with E-state index < -0.39 is 24.0 Å². The first-order chi connectivity index (χ1) is 19.8. The smallest absolute Gasteiger partial charge is 0.320 e. The fourth-order valence-corrected chi connectivity index (χ4v) is 5.68. The molecule has 216 valence electrons. The van der Waals surface area contributed by atoms with Crippen LogP contribution in [0.1, 0.15) is 73.6 Å². The minimum absolute atomic E-state index is 0.119. The molecular weight excluding hydrogens is 548 g/mol. The zero-order valence-corrected chi connectivity index (χ0v) is 24.1. The average Bonchev–Trinajstić information content (AvgIpc) is 3.56. The number of urea groups is 1. The number of aromatic nitrogens is 2. The van der Waals surface area contributed by atoms with Crippen molar-refractivity contribution in [3.63, 3.8) is 0 Å². The summed E-state index contributed by atoms with van der Waals surface area (Å²) in [5.74, 6) is 0.472. The number of carbonyl (C=O) groups excluding carboxylic acids is 4. The van der Waals surface area contributed by atoms with E-state index in [0.717, 1.165) is 23.1 Å². The summed E-state index contributed by atoms with van der Waals surface area (Å²) in [6, 6.07) is 5.25. The number of anilines is 1. The number of hydrogen-bond acceptors (Lipinski definition) is 9. The van der Waals surface area contributed by atoms with Crippen molar-refractivity contribution in [1.82, 2.24) is 25.5 Å². The summed E-state index contributed by atoms with van der Waals surface area (Å²) in [7, 11) is 1.61. The van der Waals surface area contributed by atoms with Crippen molar-refractivity contribution in [2.75, 3.05) is 12.4 Å². The Morgan fingerprint density at radius 1 is 1.15 bits per heavy atom. The van der Waals surface area contributed by atoms with Gasteiger partial charge in [0.25, 0.3) is 5.91 Å². The Balaban J connectivity index is 0.00000165. The van der Waals surface area contributed by atoms with Crippen molar-refractivity contribution in [1.29, 1.82) is 0 Å². The molecule has 0 spiro atoms. The number of thiazole rings is 1. The molecule has 1 saturated carbocycles. The summed E-state index contributed by atoms with van der Waals surface area (Å²) in [6.45, 7) is 5.96. The number of piperidine rings is 1. The van der Waals surface area contributed by atoms with E-state index >= 15 is 0 Å². The molecule has 4 heterocycles. The van der Waals surface area contributed by atoms with Crippen LogP contribution in [0.5, 0.6) is 11.5 Å². The first-order valence-electron chi connectivity index (χ1n) is 13.7. The molecule has 2 fully saturated rings. The molecule has 2 aliphatic heterocycles. The fraction of sp³-hybridized carbons (Fsp3) is 0.429. The monoisotopic (exact) mass is 580 g/mol. The van der Waals surface area contributed by atoms with Gasteiger partial charge in [-0.3, -0.25) is 25.0 Å². The summed E-state index contributed by atoms with van der Waals surface area (Å²) < 4.78 is 12.3. The van der Waals surface area contributed by atoms with Gasteiger partial charge < -0.3 is 19.7 Å². The van der Waals surface area contributed by atoms with Crippen LogP contribution in [0.25, 0.3) is 10.2 Å². The number of pyridine rings is 1. The molecule has 2 aromatic heterocycles. The van der Waals surface area contributed by atoms with Gasteiger partial charge in [-0.1, -0.05) is 13.8 Å². The Bertz CT molecular complexity index is 1520. The van der Waals surface area contributed by atoms with E-state index in [1.54, 1.807) is 19.2 Å². The van der Waals surface area contributed by atoms with Gasteiger partial charge in [0.2, 0.25) is 11.8 Å². The second-order valence-electron chi connectivity index (χ2n) is 9.75. The van der Waals surface area contributed by atoms with E-state index in [4.69, 9.17) is 14.5 Å². The minimum Gasteiger partial charge on any atom is -0.497 e. The van der Waals surface area contributed by atoms with E-state index in [-0.39, 0.29) is 43.1 Å². The number of hydrogen-bond donors (Lipinski definition) is 3. The van der Waals surface area contributed by atoms with Crippen LogP contribution in [0.3, 0.4) is 0 Å². The molecule has 2 atom stereocenters. The molecule has 1 aliphatic carbocycles. The van der Waals surface area contributed by atoms with Crippen LogP contribution in [0.15, 0.2) is 24.3 Å². The molecule has 6 rings (SSSR count). The lowest BCUT2D eigenvalue weighted by molar-refractivity contribution is -0.136. The van der Waals surface area contributed by atoms with Crippen molar-refractivity contribution < 1.29 is 28.7 Å². The summed E-state index contributed by atoms with van der Waals surface area (Å²) in [6.07, 6.45) is 2.69. The van der Waals surface area contributed by atoms with Gasteiger partial charge in [-0.15, -0.1) is 11.3 Å². The largest absolute Gasteiger partial charge is 0.497 e. The number of methoxy groups -OCH3 is 1. The third-order valence-corrected chi connectivity index (χ3v) is 8.02. The maximum atomic E-state index is 12.9. The maximum absolute atomic E-state index is 12.9. The first-order valence-corrected chi connectivity index (χ1v) is 14.5. The maximum Gasteiger partial charge on any atom is 0.320 e. The molecule has 3 aliphatic rings. The van der Waals surface area contributed by atoms with Crippen molar-refractivity contribution >= 4 is 51.1 Å². The zero-order valence-electron chi connectivity index (χ0n) is 23.3. The highest BCUT2D eigenvalue weighted by atomic mass is 32.1. The lowest BCUT2D eigenvalue weighted by atomic mass is 10.0. The number of benzene rings is 1. The zero-order chi connectivity index (χ0) is 29.3. The third-order valence-electron chi connectivity index (χ3n) is 6.84. The molecule has 41 heavy (non-hydrogen) atoms. The van der Waals surface area contributed by atoms with Gasteiger partial charge in [0.05, 0.1) is 41.8 Å². The Morgan fingerprint density at radius 3 is 2.63 bits per heavy atom. The Hall–Kier alpha value is -4.26. The predicted molar refractivity (Wildman–Crippen MR) is 152 cm³/mol. The number of nitrogens with zero attached hydrogens (tertiary/aromatic N) is 3. The SMILES string of the molecule is CC.COc1cc(OC2CC2)c2nc(C(C)NC(=O)Nc3ccc4c(n3)CN(C3CCC(=O)NC3=O)C4=O)sc2c1.